The van der Waals surface area contributed by atoms with Crippen LogP contribution in [-0.2, 0) is 38.3 Å². The van der Waals surface area contributed by atoms with E-state index in [1.165, 1.54) is 96.3 Å². The van der Waals surface area contributed by atoms with Gasteiger partial charge in [-0.05, 0) is 51.4 Å². The van der Waals surface area contributed by atoms with Crippen molar-refractivity contribution in [2.24, 2.45) is 0 Å². The summed E-state index contributed by atoms with van der Waals surface area (Å²) in [6, 6.07) is 0. The lowest BCUT2D eigenvalue weighted by Gasteiger charge is -2.41. The number of unbranched alkanes of at least 4 members (excludes halogenated alkanes) is 23. The first-order chi connectivity index (χ1) is 31.1. The van der Waals surface area contributed by atoms with Crippen molar-refractivity contribution >= 4 is 16.4 Å². The molecule has 0 aromatic rings. The minimum atomic E-state index is -5.07. The second kappa shape index (κ2) is 42.4. The van der Waals surface area contributed by atoms with Crippen molar-refractivity contribution in [1.29, 1.82) is 0 Å². The van der Waals surface area contributed by atoms with Crippen LogP contribution >= 0.6 is 0 Å². The summed E-state index contributed by atoms with van der Waals surface area (Å²) in [5.74, 6) is -0.404. The molecule has 6 unspecified atom stereocenters. The zero-order valence-electron chi connectivity index (χ0n) is 40.1. The quantitative estimate of drug-likeness (QED) is 0.0197. The number of esters is 1. The molecule has 12 nitrogen and oxygen atoms in total. The standard InChI is InChI=1S/C51H92O12S/c1-3-5-7-9-11-13-15-17-19-21-23-24-26-28-30-32-34-36-38-40-47(53)61-45(44-60-51-49(55)50(63-64(56,57)58)48(54)46(42-52)62-51)43-59-41-39-37-35-33-31-29-27-25-22-20-18-16-14-12-10-8-6-4-2/h6,8,12,14,18,20,25,27,45-46,48-52,54-55H,3-5,7,9-11,13,15-17,19,21-24,26,28-44H2,1-2H3,(H,56,57,58)/b8-6-,14-12-,20-18-,27-25-. The monoisotopic (exact) mass is 929 g/mol. The summed E-state index contributed by atoms with van der Waals surface area (Å²) in [7, 11) is -5.07. The summed E-state index contributed by atoms with van der Waals surface area (Å²) in [6.45, 7) is 3.86. The fourth-order valence-electron chi connectivity index (χ4n) is 7.66. The van der Waals surface area contributed by atoms with Gasteiger partial charge in [0.1, 0.15) is 30.5 Å². The lowest BCUT2D eigenvalue weighted by atomic mass is 9.99. The molecule has 0 aliphatic carbocycles. The van der Waals surface area contributed by atoms with Gasteiger partial charge in [0.05, 0.1) is 19.8 Å². The van der Waals surface area contributed by atoms with Crippen LogP contribution in [0.1, 0.15) is 206 Å². The number of ether oxygens (including phenoxy) is 4. The summed E-state index contributed by atoms with van der Waals surface area (Å²) >= 11 is 0. The molecule has 0 saturated carbocycles. The summed E-state index contributed by atoms with van der Waals surface area (Å²) in [4.78, 5) is 12.9. The zero-order valence-corrected chi connectivity index (χ0v) is 40.9. The number of hydrogen-bond donors (Lipinski definition) is 4. The Balaban J connectivity index is 2.38. The van der Waals surface area contributed by atoms with E-state index in [0.717, 1.165) is 83.5 Å². The van der Waals surface area contributed by atoms with Crippen LogP contribution in [0.15, 0.2) is 48.6 Å². The van der Waals surface area contributed by atoms with E-state index in [9.17, 15) is 33.1 Å². The Morgan fingerprint density at radius 1 is 0.609 bits per heavy atom. The van der Waals surface area contributed by atoms with Gasteiger partial charge in [-0.2, -0.15) is 8.42 Å². The van der Waals surface area contributed by atoms with Crippen LogP contribution in [0, 0.1) is 0 Å². The lowest BCUT2D eigenvalue weighted by molar-refractivity contribution is -0.301. The molecule has 1 aliphatic heterocycles. The molecular weight excluding hydrogens is 837 g/mol. The van der Waals surface area contributed by atoms with Gasteiger partial charge in [-0.25, -0.2) is 4.18 Å². The predicted octanol–water partition coefficient (Wildman–Crippen LogP) is 11.5. The average Bonchev–Trinajstić information content (AvgIpc) is 3.27. The van der Waals surface area contributed by atoms with Gasteiger partial charge in [-0.1, -0.05) is 197 Å². The number of carbonyl (C=O) groups is 1. The fraction of sp³-hybridized carbons (Fsp3) is 0.824. The van der Waals surface area contributed by atoms with E-state index < -0.39 is 59.8 Å². The van der Waals surface area contributed by atoms with E-state index in [2.05, 4.69) is 66.6 Å². The Morgan fingerprint density at radius 3 is 1.58 bits per heavy atom. The van der Waals surface area contributed by atoms with Crippen molar-refractivity contribution in [3.63, 3.8) is 0 Å². The maximum atomic E-state index is 12.9. The second-order valence-electron chi connectivity index (χ2n) is 17.4. The average molecular weight is 929 g/mol. The summed E-state index contributed by atoms with van der Waals surface area (Å²) in [5, 5.41) is 30.7. The smallest absolute Gasteiger partial charge is 0.397 e. The molecule has 0 aromatic carbocycles. The summed E-state index contributed by atoms with van der Waals surface area (Å²) in [5.41, 5.74) is 0. The molecular formula is C51H92O12S. The Kier molecular flexibility index (Phi) is 39.8. The van der Waals surface area contributed by atoms with Crippen LogP contribution in [0.5, 0.6) is 0 Å². The van der Waals surface area contributed by atoms with Crippen molar-refractivity contribution < 1.29 is 56.2 Å². The number of hydrogen-bond acceptors (Lipinski definition) is 11. The molecule has 6 atom stereocenters. The maximum absolute atomic E-state index is 12.9. The molecule has 374 valence electrons. The highest BCUT2D eigenvalue weighted by atomic mass is 32.3. The van der Waals surface area contributed by atoms with Crippen LogP contribution in [0.2, 0.25) is 0 Å². The van der Waals surface area contributed by atoms with Crippen molar-refractivity contribution in [3.8, 4) is 0 Å². The van der Waals surface area contributed by atoms with Gasteiger partial charge in [0, 0.05) is 13.0 Å². The summed E-state index contributed by atoms with van der Waals surface area (Å²) in [6.07, 6.45) is 42.8. The van der Waals surface area contributed by atoms with Gasteiger partial charge in [0.15, 0.2) is 6.29 Å². The molecule has 0 amide bonds. The van der Waals surface area contributed by atoms with Gasteiger partial charge in [0.2, 0.25) is 0 Å². The predicted molar refractivity (Wildman–Crippen MR) is 257 cm³/mol. The first-order valence-corrected chi connectivity index (χ1v) is 26.8. The molecule has 0 spiro atoms. The fourth-order valence-corrected chi connectivity index (χ4v) is 8.17. The third kappa shape index (κ3) is 35.3. The molecule has 1 heterocycles. The minimum Gasteiger partial charge on any atom is -0.457 e. The first kappa shape index (κ1) is 60.1. The van der Waals surface area contributed by atoms with Gasteiger partial charge >= 0.3 is 16.4 Å². The largest absolute Gasteiger partial charge is 0.457 e. The Morgan fingerprint density at radius 2 is 1.08 bits per heavy atom. The third-order valence-corrected chi connectivity index (χ3v) is 11.9. The van der Waals surface area contributed by atoms with E-state index >= 15 is 0 Å². The Hall–Kier alpha value is -1.94. The SMILES string of the molecule is CC/C=C\C/C=C\C/C=C\C/C=C\CCCCCCCOCC(COC1OC(CO)C(O)C(OS(=O)(=O)O)C1O)OC(=O)CCCCCCCCCCCCCCCCCCCCC. The van der Waals surface area contributed by atoms with Crippen LogP contribution in [-0.4, -0.2) is 97.5 Å². The molecule has 1 rings (SSSR count). The van der Waals surface area contributed by atoms with Gasteiger partial charge < -0.3 is 34.3 Å². The lowest BCUT2D eigenvalue weighted by Crippen LogP contribution is -2.60. The van der Waals surface area contributed by atoms with Crippen LogP contribution in [0.25, 0.3) is 0 Å². The highest BCUT2D eigenvalue weighted by molar-refractivity contribution is 7.80. The number of rotatable bonds is 44. The molecule has 0 aromatic heterocycles. The molecule has 0 bridgehead atoms. The zero-order chi connectivity index (χ0) is 46.8. The molecule has 1 fully saturated rings. The molecule has 0 radical (unpaired) electrons. The topological polar surface area (TPSA) is 178 Å². The molecule has 13 heteroatoms. The van der Waals surface area contributed by atoms with Crippen LogP contribution in [0.3, 0.4) is 0 Å². The van der Waals surface area contributed by atoms with E-state index in [-0.39, 0.29) is 19.6 Å². The minimum absolute atomic E-state index is 0.0244. The van der Waals surface area contributed by atoms with Gasteiger partial charge in [0.25, 0.3) is 0 Å². The van der Waals surface area contributed by atoms with Crippen molar-refractivity contribution in [2.75, 3.05) is 26.4 Å². The van der Waals surface area contributed by atoms with Crippen molar-refractivity contribution in [1.82, 2.24) is 0 Å². The number of allylic oxidation sites excluding steroid dienone is 8. The number of carbonyl (C=O) groups excluding carboxylic acids is 1. The second-order valence-corrected chi connectivity index (χ2v) is 18.4. The first-order valence-electron chi connectivity index (χ1n) is 25.4. The molecule has 64 heavy (non-hydrogen) atoms. The van der Waals surface area contributed by atoms with E-state index in [0.29, 0.717) is 13.0 Å². The number of aliphatic hydroxyl groups excluding tert-OH is 3. The normalized spacial score (nSPS) is 20.1. The highest BCUT2D eigenvalue weighted by Crippen LogP contribution is 2.26. The third-order valence-electron chi connectivity index (χ3n) is 11.5. The Bertz CT molecular complexity index is 1300. The van der Waals surface area contributed by atoms with Gasteiger partial charge in [-0.3, -0.25) is 9.35 Å². The highest BCUT2D eigenvalue weighted by Gasteiger charge is 2.48. The van der Waals surface area contributed by atoms with Crippen molar-refractivity contribution in [2.45, 2.75) is 243 Å². The maximum Gasteiger partial charge on any atom is 0.397 e. The number of aliphatic hydroxyl groups is 3. The molecule has 1 aliphatic rings. The Labute approximate surface area is 389 Å². The van der Waals surface area contributed by atoms with Gasteiger partial charge in [-0.15, -0.1) is 0 Å². The van der Waals surface area contributed by atoms with E-state index in [1.54, 1.807) is 0 Å². The molecule has 1 saturated heterocycles. The van der Waals surface area contributed by atoms with Crippen LogP contribution in [0.4, 0.5) is 0 Å². The van der Waals surface area contributed by atoms with E-state index in [1.807, 2.05) is 0 Å². The van der Waals surface area contributed by atoms with Crippen molar-refractivity contribution in [3.05, 3.63) is 48.6 Å². The van der Waals surface area contributed by atoms with Crippen LogP contribution < -0.4 is 0 Å². The molecule has 4 N–H and O–H groups in total. The van der Waals surface area contributed by atoms with E-state index in [4.69, 9.17) is 18.9 Å². The summed E-state index contributed by atoms with van der Waals surface area (Å²) < 4.78 is 59.2.